The first-order valence-corrected chi connectivity index (χ1v) is 6.56. The summed E-state index contributed by atoms with van der Waals surface area (Å²) >= 11 is 6.02. The molecule has 0 atom stereocenters. The number of hydrogen-bond donors (Lipinski definition) is 0. The lowest BCUT2D eigenvalue weighted by Gasteiger charge is -2.30. The number of esters is 1. The number of carbonyl (C=O) groups is 2. The molecule has 0 amide bonds. The summed E-state index contributed by atoms with van der Waals surface area (Å²) in [4.78, 5) is 23.7. The molecule has 0 spiro atoms. The van der Waals surface area contributed by atoms with E-state index >= 15 is 0 Å². The molecule has 1 aromatic carbocycles. The molecule has 106 valence electrons. The first kappa shape index (κ1) is 14.6. The van der Waals surface area contributed by atoms with Gasteiger partial charge in [0.05, 0.1) is 17.5 Å². The van der Waals surface area contributed by atoms with Crippen LogP contribution in [0.2, 0.25) is 5.02 Å². The zero-order chi connectivity index (χ0) is 14.9. The van der Waals surface area contributed by atoms with Gasteiger partial charge in [0, 0.05) is 19.4 Å². The lowest BCUT2D eigenvalue weighted by atomic mass is 10.0. The number of Topliss-reactive ketones (excluding diaryl/α,β-unsaturated/α-hetero) is 1. The van der Waals surface area contributed by atoms with Gasteiger partial charge < -0.3 is 9.47 Å². The summed E-state index contributed by atoms with van der Waals surface area (Å²) in [5.41, 5.74) is 1.36. The van der Waals surface area contributed by atoms with Crippen molar-refractivity contribution in [2.24, 2.45) is 0 Å². The first-order chi connectivity index (χ1) is 9.27. The molecular weight excluding hydrogens is 280 g/mol. The van der Waals surface area contributed by atoms with E-state index in [1.807, 2.05) is 13.0 Å². The van der Waals surface area contributed by atoms with Crippen LogP contribution in [-0.2, 0) is 14.3 Å². The quantitative estimate of drug-likeness (QED) is 0.633. The minimum Gasteiger partial charge on any atom is -0.456 e. The number of cyclic esters (lactones) is 1. The fourth-order valence-corrected chi connectivity index (χ4v) is 2.19. The highest BCUT2D eigenvalue weighted by molar-refractivity contribution is 6.34. The number of benzene rings is 1. The topological polar surface area (TPSA) is 52.6 Å². The summed E-state index contributed by atoms with van der Waals surface area (Å²) in [5.74, 6) is -1.48. The van der Waals surface area contributed by atoms with Gasteiger partial charge in [0.25, 0.3) is 0 Å². The van der Waals surface area contributed by atoms with Gasteiger partial charge in [0.2, 0.25) is 5.79 Å². The number of allylic oxidation sites excluding steroid dienone is 1. The summed E-state index contributed by atoms with van der Waals surface area (Å²) in [7, 11) is 0. The molecule has 0 radical (unpaired) electrons. The number of rotatable bonds is 3. The van der Waals surface area contributed by atoms with Crippen molar-refractivity contribution in [2.75, 3.05) is 0 Å². The highest BCUT2D eigenvalue weighted by atomic mass is 35.5. The van der Waals surface area contributed by atoms with Gasteiger partial charge in [0.1, 0.15) is 5.76 Å². The molecule has 0 aromatic heterocycles. The van der Waals surface area contributed by atoms with Crippen LogP contribution in [0.3, 0.4) is 0 Å². The van der Waals surface area contributed by atoms with Crippen LogP contribution in [0.25, 0.3) is 0 Å². The normalized spacial score (nSPS) is 17.0. The van der Waals surface area contributed by atoms with E-state index in [4.69, 9.17) is 21.1 Å². The predicted molar refractivity (Wildman–Crippen MR) is 74.5 cm³/mol. The molecule has 0 saturated carbocycles. The Labute approximate surface area is 122 Å². The Morgan fingerprint density at radius 2 is 2.00 bits per heavy atom. The summed E-state index contributed by atoms with van der Waals surface area (Å²) in [6, 6.07) is 5.23. The van der Waals surface area contributed by atoms with Gasteiger partial charge >= 0.3 is 5.97 Å². The molecule has 0 saturated heterocycles. The van der Waals surface area contributed by atoms with E-state index in [0.717, 1.165) is 5.56 Å². The molecule has 0 fully saturated rings. The Morgan fingerprint density at radius 3 is 2.65 bits per heavy atom. The highest BCUT2D eigenvalue weighted by Gasteiger charge is 2.31. The second kappa shape index (κ2) is 5.29. The molecule has 1 aliphatic heterocycles. The van der Waals surface area contributed by atoms with Crippen LogP contribution in [0.5, 0.6) is 0 Å². The second-order valence-electron chi connectivity index (χ2n) is 5.12. The minimum atomic E-state index is -1.06. The van der Waals surface area contributed by atoms with Crippen molar-refractivity contribution in [3.05, 3.63) is 46.2 Å². The van der Waals surface area contributed by atoms with Crippen LogP contribution in [-0.4, -0.2) is 17.5 Å². The molecule has 0 N–H and O–H groups in total. The number of ketones is 1. The second-order valence-corrected chi connectivity index (χ2v) is 5.52. The van der Waals surface area contributed by atoms with Gasteiger partial charge in [0.15, 0.2) is 5.78 Å². The molecule has 1 aliphatic rings. The van der Waals surface area contributed by atoms with Gasteiger partial charge in [-0.15, -0.1) is 0 Å². The van der Waals surface area contributed by atoms with Crippen LogP contribution in [0.1, 0.15) is 36.2 Å². The minimum absolute atomic E-state index is 0.0261. The van der Waals surface area contributed by atoms with Crippen molar-refractivity contribution in [1.82, 2.24) is 0 Å². The first-order valence-electron chi connectivity index (χ1n) is 6.19. The van der Waals surface area contributed by atoms with Crippen molar-refractivity contribution >= 4 is 23.4 Å². The average molecular weight is 295 g/mol. The summed E-state index contributed by atoms with van der Waals surface area (Å²) < 4.78 is 10.4. The molecule has 1 aromatic rings. The Kier molecular flexibility index (Phi) is 3.86. The van der Waals surface area contributed by atoms with E-state index < -0.39 is 11.8 Å². The largest absolute Gasteiger partial charge is 0.456 e. The number of hydrogen-bond acceptors (Lipinski definition) is 4. The molecule has 0 bridgehead atoms. The van der Waals surface area contributed by atoms with E-state index in [2.05, 4.69) is 0 Å². The Hall–Kier alpha value is -1.81. The number of ether oxygens (including phenoxy) is 2. The smallest absolute Gasteiger partial charge is 0.337 e. The fraction of sp³-hybridized carbons (Fsp3) is 0.333. The van der Waals surface area contributed by atoms with E-state index in [1.54, 1.807) is 26.0 Å². The summed E-state index contributed by atoms with van der Waals surface area (Å²) in [6.07, 6.45) is 1.16. The van der Waals surface area contributed by atoms with Gasteiger partial charge in [-0.1, -0.05) is 23.2 Å². The van der Waals surface area contributed by atoms with Crippen LogP contribution in [0.4, 0.5) is 0 Å². The van der Waals surface area contributed by atoms with E-state index in [1.165, 1.54) is 6.08 Å². The maximum atomic E-state index is 12.2. The van der Waals surface area contributed by atoms with E-state index in [9.17, 15) is 9.59 Å². The van der Waals surface area contributed by atoms with E-state index in [0.29, 0.717) is 10.6 Å². The average Bonchev–Trinajstić information content (AvgIpc) is 2.29. The molecule has 1 heterocycles. The maximum absolute atomic E-state index is 12.2. The van der Waals surface area contributed by atoms with Crippen molar-refractivity contribution < 1.29 is 19.1 Å². The fourth-order valence-electron chi connectivity index (χ4n) is 1.96. The number of aryl methyl sites for hydroxylation is 1. The van der Waals surface area contributed by atoms with Crippen molar-refractivity contribution in [3.8, 4) is 0 Å². The third kappa shape index (κ3) is 3.39. The zero-order valence-corrected chi connectivity index (χ0v) is 12.3. The third-order valence-corrected chi connectivity index (χ3v) is 3.09. The van der Waals surface area contributed by atoms with Crippen molar-refractivity contribution in [2.45, 2.75) is 33.0 Å². The van der Waals surface area contributed by atoms with Crippen molar-refractivity contribution in [1.29, 1.82) is 0 Å². The number of halogens is 1. The van der Waals surface area contributed by atoms with Crippen LogP contribution < -0.4 is 0 Å². The van der Waals surface area contributed by atoms with Crippen LogP contribution in [0.15, 0.2) is 30.0 Å². The van der Waals surface area contributed by atoms with Crippen LogP contribution in [0, 0.1) is 6.92 Å². The van der Waals surface area contributed by atoms with E-state index in [-0.39, 0.29) is 18.0 Å². The monoisotopic (exact) mass is 294 g/mol. The number of carbonyl (C=O) groups excluding carboxylic acids is 2. The van der Waals surface area contributed by atoms with Crippen molar-refractivity contribution in [3.63, 3.8) is 0 Å². The molecule has 4 nitrogen and oxygen atoms in total. The molecule has 0 unspecified atom stereocenters. The molecular formula is C15H15ClO4. The summed E-state index contributed by atoms with van der Waals surface area (Å²) in [6.45, 7) is 5.11. The standard InChI is InChI=1S/C15H15ClO4/c1-9-4-5-12(16)11(6-9)13(17)7-10-8-14(18)20-15(2,3)19-10/h4-6,8H,7H2,1-3H3. The molecule has 5 heteroatoms. The third-order valence-electron chi connectivity index (χ3n) is 2.76. The van der Waals surface area contributed by atoms with Gasteiger partial charge in [-0.3, -0.25) is 4.79 Å². The van der Waals surface area contributed by atoms with Gasteiger partial charge in [-0.2, -0.15) is 0 Å². The Bertz CT molecular complexity index is 602. The zero-order valence-electron chi connectivity index (χ0n) is 11.5. The molecule has 0 aliphatic carbocycles. The van der Waals surface area contributed by atoms with Gasteiger partial charge in [-0.25, -0.2) is 4.79 Å². The Balaban J connectivity index is 2.20. The SMILES string of the molecule is Cc1ccc(Cl)c(C(=O)CC2=CC(=O)OC(C)(C)O2)c1. The Morgan fingerprint density at radius 1 is 1.30 bits per heavy atom. The maximum Gasteiger partial charge on any atom is 0.337 e. The molecule has 2 rings (SSSR count). The predicted octanol–water partition coefficient (Wildman–Crippen LogP) is 3.41. The summed E-state index contributed by atoms with van der Waals surface area (Å²) in [5, 5.41) is 0.388. The lowest BCUT2D eigenvalue weighted by Crippen LogP contribution is -2.34. The molecule has 20 heavy (non-hydrogen) atoms. The van der Waals surface area contributed by atoms with Gasteiger partial charge in [-0.05, 0) is 19.1 Å². The lowest BCUT2D eigenvalue weighted by molar-refractivity contribution is -0.205. The van der Waals surface area contributed by atoms with Crippen LogP contribution >= 0.6 is 11.6 Å². The highest BCUT2D eigenvalue weighted by Crippen LogP contribution is 2.26.